The summed E-state index contributed by atoms with van der Waals surface area (Å²) < 4.78 is 36.8. The predicted octanol–water partition coefficient (Wildman–Crippen LogP) is 4.12. The van der Waals surface area contributed by atoms with Gasteiger partial charge in [-0.3, -0.25) is 9.69 Å². The number of benzene rings is 2. The highest BCUT2D eigenvalue weighted by Gasteiger charge is 2.24. The molecule has 0 N–H and O–H groups in total. The van der Waals surface area contributed by atoms with Gasteiger partial charge in [0, 0.05) is 13.0 Å². The number of anilines is 1. The van der Waals surface area contributed by atoms with E-state index in [4.69, 9.17) is 21.1 Å². The van der Waals surface area contributed by atoms with Crippen molar-refractivity contribution < 1.29 is 22.7 Å². The summed E-state index contributed by atoms with van der Waals surface area (Å²) >= 11 is 7.64. The first-order valence-corrected chi connectivity index (χ1v) is 13.5. The Bertz CT molecular complexity index is 1240. The smallest absolute Gasteiger partial charge is 0.229 e. The summed E-state index contributed by atoms with van der Waals surface area (Å²) in [6.07, 6.45) is 0.530. The van der Waals surface area contributed by atoms with E-state index in [1.807, 2.05) is 19.0 Å². The molecule has 0 bridgehead atoms. The summed E-state index contributed by atoms with van der Waals surface area (Å²) in [5, 5.41) is 0.981. The van der Waals surface area contributed by atoms with Crippen molar-refractivity contribution in [2.24, 2.45) is 0 Å². The van der Waals surface area contributed by atoms with Crippen molar-refractivity contribution in [3.05, 3.63) is 41.4 Å². The van der Waals surface area contributed by atoms with Crippen LogP contribution in [0.3, 0.4) is 0 Å². The number of amides is 1. The number of methoxy groups -OCH3 is 2. The lowest BCUT2D eigenvalue weighted by atomic mass is 10.3. The van der Waals surface area contributed by atoms with Gasteiger partial charge < -0.3 is 14.4 Å². The third kappa shape index (κ3) is 6.18. The van der Waals surface area contributed by atoms with Crippen LogP contribution >= 0.6 is 22.9 Å². The SMILES string of the molecule is COc1ccc(S(=O)(=O)CCC(=O)N(CCCN(C)C)c2nc3c(OC)ccc(Cl)c3s2)cc1. The number of carbonyl (C=O) groups is 1. The lowest BCUT2D eigenvalue weighted by Gasteiger charge is -2.21. The second kappa shape index (κ2) is 11.4. The Labute approximate surface area is 209 Å². The summed E-state index contributed by atoms with van der Waals surface area (Å²) in [6.45, 7) is 1.17. The van der Waals surface area contributed by atoms with Gasteiger partial charge in [0.2, 0.25) is 5.91 Å². The quantitative estimate of drug-likeness (QED) is 0.372. The molecule has 1 aromatic heterocycles. The fraction of sp³-hybridized carbons (Fsp3) is 0.391. The normalized spacial score (nSPS) is 11.7. The van der Waals surface area contributed by atoms with E-state index in [2.05, 4.69) is 4.98 Å². The number of halogens is 1. The molecule has 0 aliphatic rings. The standard InChI is InChI=1S/C23H28ClN3O5S2/c1-26(2)13-5-14-27(23-25-21-19(32-4)11-10-18(24)22(21)33-23)20(28)12-15-34(29,30)17-8-6-16(31-3)7-9-17/h6-11H,5,12-15H2,1-4H3. The summed E-state index contributed by atoms with van der Waals surface area (Å²) in [6, 6.07) is 9.59. The van der Waals surface area contributed by atoms with Crippen LogP contribution in [0.4, 0.5) is 5.13 Å². The number of hydrogen-bond acceptors (Lipinski definition) is 8. The summed E-state index contributed by atoms with van der Waals surface area (Å²) in [7, 11) is 3.33. The Morgan fingerprint density at radius 1 is 1.06 bits per heavy atom. The Morgan fingerprint density at radius 2 is 1.76 bits per heavy atom. The first-order chi connectivity index (χ1) is 16.2. The van der Waals surface area contributed by atoms with E-state index >= 15 is 0 Å². The van der Waals surface area contributed by atoms with Crippen LogP contribution in [-0.4, -0.2) is 71.4 Å². The molecule has 3 rings (SSSR count). The molecule has 1 heterocycles. The van der Waals surface area contributed by atoms with Crippen LogP contribution in [-0.2, 0) is 14.6 Å². The van der Waals surface area contributed by atoms with Crippen molar-refractivity contribution in [2.75, 3.05) is 52.1 Å². The molecule has 0 fully saturated rings. The molecule has 184 valence electrons. The van der Waals surface area contributed by atoms with Crippen molar-refractivity contribution in [2.45, 2.75) is 17.7 Å². The fourth-order valence-electron chi connectivity index (χ4n) is 3.35. The van der Waals surface area contributed by atoms with E-state index in [9.17, 15) is 13.2 Å². The molecule has 0 radical (unpaired) electrons. The maximum absolute atomic E-state index is 13.2. The van der Waals surface area contributed by atoms with Crippen molar-refractivity contribution in [1.82, 2.24) is 9.88 Å². The minimum atomic E-state index is -3.64. The number of ether oxygens (including phenoxy) is 2. The Hall–Kier alpha value is -2.40. The number of aromatic nitrogens is 1. The molecule has 11 heteroatoms. The second-order valence-corrected chi connectivity index (χ2v) is 11.4. The second-order valence-electron chi connectivity index (χ2n) is 7.87. The highest BCUT2D eigenvalue weighted by Crippen LogP contribution is 2.39. The molecule has 3 aromatic rings. The topological polar surface area (TPSA) is 89.0 Å². The van der Waals surface area contributed by atoms with Crippen molar-refractivity contribution in [3.63, 3.8) is 0 Å². The largest absolute Gasteiger partial charge is 0.497 e. The Balaban J connectivity index is 1.84. The van der Waals surface area contributed by atoms with Crippen molar-refractivity contribution >= 4 is 54.0 Å². The molecule has 0 spiro atoms. The zero-order valence-corrected chi connectivity index (χ0v) is 22.0. The number of thiazole rings is 1. The van der Waals surface area contributed by atoms with Crippen LogP contribution in [0.25, 0.3) is 10.2 Å². The molecule has 0 saturated heterocycles. The van der Waals surface area contributed by atoms with Gasteiger partial charge in [0.05, 0.1) is 34.6 Å². The van der Waals surface area contributed by atoms with Crippen LogP contribution in [0.2, 0.25) is 5.02 Å². The zero-order valence-electron chi connectivity index (χ0n) is 19.6. The van der Waals surface area contributed by atoms with Gasteiger partial charge in [-0.15, -0.1) is 0 Å². The van der Waals surface area contributed by atoms with Crippen LogP contribution in [0.1, 0.15) is 12.8 Å². The lowest BCUT2D eigenvalue weighted by molar-refractivity contribution is -0.118. The molecule has 0 aliphatic carbocycles. The summed E-state index contributed by atoms with van der Waals surface area (Å²) in [5.74, 6) is 0.499. The number of fused-ring (bicyclic) bond motifs is 1. The van der Waals surface area contributed by atoms with E-state index in [1.54, 1.807) is 36.3 Å². The third-order valence-corrected chi connectivity index (χ3v) is 8.46. The molecular formula is C23H28ClN3O5S2. The average Bonchev–Trinajstić information content (AvgIpc) is 3.26. The van der Waals surface area contributed by atoms with Crippen molar-refractivity contribution in [3.8, 4) is 11.5 Å². The molecule has 0 aliphatic heterocycles. The van der Waals surface area contributed by atoms with E-state index in [0.717, 1.165) is 6.54 Å². The third-order valence-electron chi connectivity index (χ3n) is 5.19. The summed E-state index contributed by atoms with van der Waals surface area (Å²) in [5.41, 5.74) is 0.575. The Kier molecular flexibility index (Phi) is 8.75. The first kappa shape index (κ1) is 26.2. The number of nitrogens with zero attached hydrogens (tertiary/aromatic N) is 3. The maximum atomic E-state index is 13.2. The maximum Gasteiger partial charge on any atom is 0.229 e. The molecule has 1 amide bonds. The van der Waals surface area contributed by atoms with Crippen LogP contribution in [0.15, 0.2) is 41.3 Å². The zero-order chi connectivity index (χ0) is 24.9. The van der Waals surface area contributed by atoms with E-state index in [1.165, 1.54) is 30.6 Å². The number of sulfone groups is 1. The van der Waals surface area contributed by atoms with Gasteiger partial charge in [0.1, 0.15) is 17.0 Å². The van der Waals surface area contributed by atoms with Crippen LogP contribution in [0.5, 0.6) is 11.5 Å². The van der Waals surface area contributed by atoms with Gasteiger partial charge >= 0.3 is 0 Å². The Morgan fingerprint density at radius 3 is 2.38 bits per heavy atom. The predicted molar refractivity (Wildman–Crippen MR) is 136 cm³/mol. The van der Waals surface area contributed by atoms with Gasteiger partial charge in [0.25, 0.3) is 0 Å². The molecule has 2 aromatic carbocycles. The van der Waals surface area contributed by atoms with Crippen molar-refractivity contribution in [1.29, 1.82) is 0 Å². The van der Waals surface area contributed by atoms with Gasteiger partial charge in [-0.2, -0.15) is 0 Å². The number of hydrogen-bond donors (Lipinski definition) is 0. The van der Waals surface area contributed by atoms with Gasteiger partial charge in [-0.05, 0) is 63.5 Å². The van der Waals surface area contributed by atoms with E-state index < -0.39 is 9.84 Å². The molecule has 34 heavy (non-hydrogen) atoms. The number of rotatable bonds is 11. The minimum absolute atomic E-state index is 0.150. The van der Waals surface area contributed by atoms with Gasteiger partial charge in [-0.1, -0.05) is 22.9 Å². The molecule has 0 saturated carbocycles. The minimum Gasteiger partial charge on any atom is -0.497 e. The highest BCUT2D eigenvalue weighted by atomic mass is 35.5. The van der Waals surface area contributed by atoms with Crippen LogP contribution in [0, 0.1) is 0 Å². The van der Waals surface area contributed by atoms with Crippen LogP contribution < -0.4 is 14.4 Å². The van der Waals surface area contributed by atoms with E-state index in [0.29, 0.717) is 44.8 Å². The first-order valence-electron chi connectivity index (χ1n) is 10.6. The van der Waals surface area contributed by atoms with E-state index in [-0.39, 0.29) is 23.0 Å². The molecular weight excluding hydrogens is 498 g/mol. The fourth-order valence-corrected chi connectivity index (χ4v) is 5.88. The monoisotopic (exact) mass is 525 g/mol. The molecule has 0 atom stereocenters. The average molecular weight is 526 g/mol. The lowest BCUT2D eigenvalue weighted by Crippen LogP contribution is -2.34. The summed E-state index contributed by atoms with van der Waals surface area (Å²) in [4.78, 5) is 21.6. The molecule has 0 unspecified atom stereocenters. The highest BCUT2D eigenvalue weighted by molar-refractivity contribution is 7.91. The molecule has 8 nitrogen and oxygen atoms in total. The van der Waals surface area contributed by atoms with Gasteiger partial charge in [-0.25, -0.2) is 13.4 Å². The number of carbonyl (C=O) groups excluding carboxylic acids is 1. The van der Waals surface area contributed by atoms with Gasteiger partial charge in [0.15, 0.2) is 15.0 Å².